The zero-order valence-corrected chi connectivity index (χ0v) is 13.9. The van der Waals surface area contributed by atoms with Gasteiger partial charge in [0.15, 0.2) is 0 Å². The fourth-order valence-electron chi connectivity index (χ4n) is 3.04. The van der Waals surface area contributed by atoms with Gasteiger partial charge in [-0.25, -0.2) is 4.68 Å². The van der Waals surface area contributed by atoms with Crippen LogP contribution in [0, 0.1) is 13.8 Å². The molecule has 3 rings (SSSR count). The lowest BCUT2D eigenvalue weighted by atomic mass is 10.1. The number of nitrogens with zero attached hydrogens (tertiary/aromatic N) is 2. The standard InChI is InChI=1S/C17H23N3S/c1-12-7-8-16(13(2)10-12)20-17-14(6-4-5-9-18-17)15(19-20)11-21-3/h7-8,10,18H,4-6,9,11H2,1-3H3. The molecule has 1 aromatic heterocycles. The van der Waals surface area contributed by atoms with Gasteiger partial charge in [-0.2, -0.15) is 16.9 Å². The molecule has 1 aromatic carbocycles. The molecule has 4 heteroatoms. The first kappa shape index (κ1) is 14.5. The molecule has 3 nitrogen and oxygen atoms in total. The number of fused-ring (bicyclic) bond motifs is 1. The number of benzene rings is 1. The Labute approximate surface area is 131 Å². The molecule has 0 spiro atoms. The molecule has 2 heterocycles. The zero-order chi connectivity index (χ0) is 14.8. The van der Waals surface area contributed by atoms with E-state index in [1.54, 1.807) is 0 Å². The first-order valence-corrected chi connectivity index (χ1v) is 9.01. The molecule has 0 radical (unpaired) electrons. The van der Waals surface area contributed by atoms with Crippen LogP contribution in [0.15, 0.2) is 18.2 Å². The van der Waals surface area contributed by atoms with E-state index in [1.165, 1.54) is 46.7 Å². The Bertz CT molecular complexity index is 646. The summed E-state index contributed by atoms with van der Waals surface area (Å²) in [6, 6.07) is 6.59. The van der Waals surface area contributed by atoms with E-state index in [-0.39, 0.29) is 0 Å². The molecule has 0 aliphatic carbocycles. The molecule has 21 heavy (non-hydrogen) atoms. The van der Waals surface area contributed by atoms with Gasteiger partial charge in [0.25, 0.3) is 0 Å². The summed E-state index contributed by atoms with van der Waals surface area (Å²) in [4.78, 5) is 0. The quantitative estimate of drug-likeness (QED) is 0.925. The Kier molecular flexibility index (Phi) is 4.24. The normalized spacial score (nSPS) is 14.4. The third-order valence-electron chi connectivity index (χ3n) is 4.07. The Morgan fingerprint density at radius 1 is 1.29 bits per heavy atom. The molecule has 0 bridgehead atoms. The van der Waals surface area contributed by atoms with E-state index in [4.69, 9.17) is 5.10 Å². The van der Waals surface area contributed by atoms with E-state index in [9.17, 15) is 0 Å². The molecular formula is C17H23N3S. The van der Waals surface area contributed by atoms with Gasteiger partial charge < -0.3 is 5.32 Å². The maximum absolute atomic E-state index is 4.92. The van der Waals surface area contributed by atoms with Crippen molar-refractivity contribution in [1.29, 1.82) is 0 Å². The number of anilines is 1. The highest BCUT2D eigenvalue weighted by atomic mass is 32.2. The topological polar surface area (TPSA) is 29.9 Å². The van der Waals surface area contributed by atoms with Gasteiger partial charge in [-0.1, -0.05) is 17.7 Å². The molecular weight excluding hydrogens is 278 g/mol. The third-order valence-corrected chi connectivity index (χ3v) is 4.64. The van der Waals surface area contributed by atoms with Crippen LogP contribution in [0.5, 0.6) is 0 Å². The van der Waals surface area contributed by atoms with Crippen molar-refractivity contribution in [3.05, 3.63) is 40.6 Å². The molecule has 0 atom stereocenters. The number of hydrogen-bond donors (Lipinski definition) is 1. The van der Waals surface area contributed by atoms with Crippen molar-refractivity contribution in [3.8, 4) is 5.69 Å². The van der Waals surface area contributed by atoms with Crippen molar-refractivity contribution in [3.63, 3.8) is 0 Å². The number of nitrogens with one attached hydrogen (secondary N) is 1. The summed E-state index contributed by atoms with van der Waals surface area (Å²) < 4.78 is 2.13. The van der Waals surface area contributed by atoms with Gasteiger partial charge in [0.05, 0.1) is 11.4 Å². The van der Waals surface area contributed by atoms with Gasteiger partial charge in [0.2, 0.25) is 0 Å². The largest absolute Gasteiger partial charge is 0.370 e. The smallest absolute Gasteiger partial charge is 0.133 e. The number of hydrogen-bond acceptors (Lipinski definition) is 3. The van der Waals surface area contributed by atoms with Crippen LogP contribution in [-0.4, -0.2) is 22.6 Å². The summed E-state index contributed by atoms with van der Waals surface area (Å²) in [6.07, 6.45) is 5.77. The molecule has 1 N–H and O–H groups in total. The van der Waals surface area contributed by atoms with E-state index in [0.717, 1.165) is 18.7 Å². The SMILES string of the molecule is CSCc1nn(-c2ccc(C)cc2C)c2c1CCCCN2. The summed E-state index contributed by atoms with van der Waals surface area (Å²) in [7, 11) is 0. The fraction of sp³-hybridized carbons (Fsp3) is 0.471. The summed E-state index contributed by atoms with van der Waals surface area (Å²) in [5, 5.41) is 8.52. The molecule has 112 valence electrons. The third kappa shape index (κ3) is 2.82. The molecule has 0 saturated heterocycles. The van der Waals surface area contributed by atoms with Crippen LogP contribution >= 0.6 is 11.8 Å². The van der Waals surface area contributed by atoms with Gasteiger partial charge in [-0.15, -0.1) is 0 Å². The van der Waals surface area contributed by atoms with Crippen molar-refractivity contribution >= 4 is 17.6 Å². The van der Waals surface area contributed by atoms with Crippen molar-refractivity contribution in [2.24, 2.45) is 0 Å². The molecule has 0 fully saturated rings. The average molecular weight is 301 g/mol. The van der Waals surface area contributed by atoms with Gasteiger partial charge >= 0.3 is 0 Å². The Balaban J connectivity index is 2.13. The van der Waals surface area contributed by atoms with Crippen molar-refractivity contribution in [2.75, 3.05) is 18.1 Å². The van der Waals surface area contributed by atoms with Crippen LogP contribution in [0.4, 0.5) is 5.82 Å². The summed E-state index contributed by atoms with van der Waals surface area (Å²) >= 11 is 1.85. The van der Waals surface area contributed by atoms with E-state index in [1.807, 2.05) is 11.8 Å². The van der Waals surface area contributed by atoms with Crippen molar-refractivity contribution in [1.82, 2.24) is 9.78 Å². The van der Waals surface area contributed by atoms with E-state index >= 15 is 0 Å². The lowest BCUT2D eigenvalue weighted by Gasteiger charge is -2.12. The highest BCUT2D eigenvalue weighted by Crippen LogP contribution is 2.30. The number of aryl methyl sites for hydroxylation is 2. The van der Waals surface area contributed by atoms with Crippen molar-refractivity contribution < 1.29 is 0 Å². The second kappa shape index (κ2) is 6.14. The summed E-state index contributed by atoms with van der Waals surface area (Å²) in [5.41, 5.74) is 6.43. The molecule has 0 saturated carbocycles. The predicted molar refractivity (Wildman–Crippen MR) is 91.7 cm³/mol. The lowest BCUT2D eigenvalue weighted by molar-refractivity contribution is 0.770. The summed E-state index contributed by atoms with van der Waals surface area (Å²) in [6.45, 7) is 5.35. The first-order chi connectivity index (χ1) is 10.2. The molecule has 1 aliphatic heterocycles. The Morgan fingerprint density at radius 3 is 2.90 bits per heavy atom. The predicted octanol–water partition coefficient (Wildman–Crippen LogP) is 4.10. The molecule has 0 unspecified atom stereocenters. The van der Waals surface area contributed by atoms with E-state index in [0.29, 0.717) is 0 Å². The highest BCUT2D eigenvalue weighted by molar-refractivity contribution is 7.97. The van der Waals surface area contributed by atoms with Gasteiger partial charge in [0.1, 0.15) is 5.82 Å². The molecule has 1 aliphatic rings. The highest BCUT2D eigenvalue weighted by Gasteiger charge is 2.20. The van der Waals surface area contributed by atoms with Gasteiger partial charge in [-0.05, 0) is 51.0 Å². The first-order valence-electron chi connectivity index (χ1n) is 7.62. The minimum absolute atomic E-state index is 0.988. The number of aromatic nitrogens is 2. The minimum atomic E-state index is 0.988. The van der Waals surface area contributed by atoms with Crippen LogP contribution in [0.3, 0.4) is 0 Å². The number of thioether (sulfide) groups is 1. The molecule has 2 aromatic rings. The maximum Gasteiger partial charge on any atom is 0.133 e. The van der Waals surface area contributed by atoms with Crippen LogP contribution in [0.1, 0.15) is 35.2 Å². The Hall–Kier alpha value is -1.42. The second-order valence-corrected chi connectivity index (χ2v) is 6.66. The van der Waals surface area contributed by atoms with E-state index < -0.39 is 0 Å². The van der Waals surface area contributed by atoms with E-state index in [2.05, 4.69) is 48.3 Å². The molecule has 0 amide bonds. The average Bonchev–Trinajstić information content (AvgIpc) is 2.64. The Morgan fingerprint density at radius 2 is 2.14 bits per heavy atom. The monoisotopic (exact) mass is 301 g/mol. The van der Waals surface area contributed by atoms with Gasteiger partial charge in [0, 0.05) is 17.9 Å². The van der Waals surface area contributed by atoms with Crippen LogP contribution < -0.4 is 5.32 Å². The van der Waals surface area contributed by atoms with Gasteiger partial charge in [-0.3, -0.25) is 0 Å². The van der Waals surface area contributed by atoms with Crippen LogP contribution in [-0.2, 0) is 12.2 Å². The summed E-state index contributed by atoms with van der Waals surface area (Å²) in [5.74, 6) is 2.20. The fourth-order valence-corrected chi connectivity index (χ4v) is 3.55. The van der Waals surface area contributed by atoms with Crippen LogP contribution in [0.2, 0.25) is 0 Å². The number of rotatable bonds is 3. The van der Waals surface area contributed by atoms with Crippen molar-refractivity contribution in [2.45, 2.75) is 38.9 Å². The second-order valence-electron chi connectivity index (χ2n) is 5.79. The lowest BCUT2D eigenvalue weighted by Crippen LogP contribution is -2.08. The van der Waals surface area contributed by atoms with Crippen LogP contribution in [0.25, 0.3) is 5.69 Å². The minimum Gasteiger partial charge on any atom is -0.370 e. The zero-order valence-electron chi connectivity index (χ0n) is 13.1. The maximum atomic E-state index is 4.92.